The number of amides is 1. The average Bonchev–Trinajstić information content (AvgIpc) is 2.87. The highest BCUT2D eigenvalue weighted by Gasteiger charge is 2.25. The van der Waals surface area contributed by atoms with Crippen LogP contribution in [0.3, 0.4) is 0 Å². The van der Waals surface area contributed by atoms with Gasteiger partial charge in [0.2, 0.25) is 0 Å². The smallest absolute Gasteiger partial charge is 0.274 e. The first kappa shape index (κ1) is 14.5. The Bertz CT molecular complexity index is 600. The molecular formula is C13H15ClN4O2. The molecule has 1 aromatic carbocycles. The van der Waals surface area contributed by atoms with Crippen molar-refractivity contribution in [1.29, 1.82) is 0 Å². The summed E-state index contributed by atoms with van der Waals surface area (Å²) in [6.07, 6.45) is 0. The first-order valence-electron chi connectivity index (χ1n) is 6.04. The minimum atomic E-state index is -0.398. The minimum Gasteiger partial charge on any atom is -0.274 e. The molecule has 0 spiro atoms. The van der Waals surface area contributed by atoms with Crippen LogP contribution in [0.1, 0.15) is 29.0 Å². The zero-order valence-electron chi connectivity index (χ0n) is 11.4. The fourth-order valence-corrected chi connectivity index (χ4v) is 2.04. The Labute approximate surface area is 121 Å². The molecule has 0 aliphatic rings. The third-order valence-electron chi connectivity index (χ3n) is 3.06. The second-order valence-electron chi connectivity index (χ2n) is 4.25. The van der Waals surface area contributed by atoms with Gasteiger partial charge in [0.1, 0.15) is 0 Å². The number of nitrogens with zero attached hydrogens (tertiary/aromatic N) is 4. The van der Waals surface area contributed by atoms with E-state index in [1.54, 1.807) is 0 Å². The molecule has 1 heterocycles. The maximum absolute atomic E-state index is 12.2. The molecule has 106 valence electrons. The topological polar surface area (TPSA) is 60.2 Å². The van der Waals surface area contributed by atoms with Crippen molar-refractivity contribution in [2.24, 2.45) is 0 Å². The molecule has 0 fully saturated rings. The summed E-state index contributed by atoms with van der Waals surface area (Å²) < 4.78 is 1.50. The first-order chi connectivity index (χ1) is 9.56. The number of hydrogen-bond donors (Lipinski definition) is 0. The standard InChI is InChI=1S/C13H15ClN4O2/c1-9(10-7-5-4-6-8-10)18-11(12(14)15-16-18)13(19)17(2)20-3/h4-9H,1-3H3/t9-/m1/s1. The Kier molecular flexibility index (Phi) is 4.36. The van der Waals surface area contributed by atoms with E-state index in [1.807, 2.05) is 37.3 Å². The molecule has 1 aromatic heterocycles. The molecule has 0 N–H and O–H groups in total. The maximum Gasteiger partial charge on any atom is 0.298 e. The summed E-state index contributed by atoms with van der Waals surface area (Å²) in [5.41, 5.74) is 1.20. The number of carbonyl (C=O) groups is 1. The highest BCUT2D eigenvalue weighted by atomic mass is 35.5. The molecule has 6 nitrogen and oxygen atoms in total. The SMILES string of the molecule is CON(C)C(=O)c1c(Cl)nnn1[C@H](C)c1ccccc1. The van der Waals surface area contributed by atoms with E-state index < -0.39 is 5.91 Å². The molecule has 0 aliphatic carbocycles. The summed E-state index contributed by atoms with van der Waals surface area (Å²) in [6, 6.07) is 9.51. The molecule has 0 saturated carbocycles. The summed E-state index contributed by atoms with van der Waals surface area (Å²) >= 11 is 5.97. The summed E-state index contributed by atoms with van der Waals surface area (Å²) in [5, 5.41) is 8.88. The van der Waals surface area contributed by atoms with E-state index in [2.05, 4.69) is 10.3 Å². The number of benzene rings is 1. The highest BCUT2D eigenvalue weighted by molar-refractivity contribution is 6.32. The van der Waals surface area contributed by atoms with Gasteiger partial charge in [0, 0.05) is 7.05 Å². The van der Waals surface area contributed by atoms with Gasteiger partial charge in [0.15, 0.2) is 10.8 Å². The van der Waals surface area contributed by atoms with E-state index in [1.165, 1.54) is 18.8 Å². The van der Waals surface area contributed by atoms with Crippen LogP contribution in [0.2, 0.25) is 5.15 Å². The molecule has 7 heteroatoms. The molecule has 2 aromatic rings. The lowest BCUT2D eigenvalue weighted by molar-refractivity contribution is -0.0764. The number of carbonyl (C=O) groups excluding carboxylic acids is 1. The van der Waals surface area contributed by atoms with E-state index in [-0.39, 0.29) is 16.9 Å². The van der Waals surface area contributed by atoms with Gasteiger partial charge in [-0.25, -0.2) is 9.75 Å². The molecule has 0 aliphatic heterocycles. The van der Waals surface area contributed by atoms with Crippen molar-refractivity contribution in [3.8, 4) is 0 Å². The van der Waals surface area contributed by atoms with Crippen LogP contribution in [0.4, 0.5) is 0 Å². The van der Waals surface area contributed by atoms with Crippen molar-refractivity contribution in [3.05, 3.63) is 46.7 Å². The zero-order chi connectivity index (χ0) is 14.7. The van der Waals surface area contributed by atoms with Crippen LogP contribution in [-0.4, -0.2) is 40.1 Å². The third kappa shape index (κ3) is 2.66. The van der Waals surface area contributed by atoms with Crippen LogP contribution in [-0.2, 0) is 4.84 Å². The Morgan fingerprint density at radius 2 is 2.05 bits per heavy atom. The van der Waals surface area contributed by atoms with Gasteiger partial charge in [-0.05, 0) is 12.5 Å². The van der Waals surface area contributed by atoms with Gasteiger partial charge in [0.05, 0.1) is 13.2 Å². The first-order valence-corrected chi connectivity index (χ1v) is 6.41. The fraction of sp³-hybridized carbons (Fsp3) is 0.308. The van der Waals surface area contributed by atoms with Gasteiger partial charge in [-0.3, -0.25) is 9.63 Å². The van der Waals surface area contributed by atoms with Crippen molar-refractivity contribution >= 4 is 17.5 Å². The van der Waals surface area contributed by atoms with E-state index in [9.17, 15) is 4.79 Å². The second-order valence-corrected chi connectivity index (χ2v) is 4.60. The lowest BCUT2D eigenvalue weighted by Gasteiger charge is -2.18. The molecule has 0 radical (unpaired) electrons. The van der Waals surface area contributed by atoms with Gasteiger partial charge in [0.25, 0.3) is 5.91 Å². The monoisotopic (exact) mass is 294 g/mol. The fourth-order valence-electron chi connectivity index (χ4n) is 1.84. The Hall–Kier alpha value is -1.92. The van der Waals surface area contributed by atoms with Crippen molar-refractivity contribution in [3.63, 3.8) is 0 Å². The number of halogens is 1. The molecular weight excluding hydrogens is 280 g/mol. The predicted molar refractivity (Wildman–Crippen MR) is 74.4 cm³/mol. The van der Waals surface area contributed by atoms with Gasteiger partial charge in [-0.1, -0.05) is 47.1 Å². The Morgan fingerprint density at radius 1 is 1.40 bits per heavy atom. The molecule has 1 atom stereocenters. The van der Waals surface area contributed by atoms with Crippen LogP contribution < -0.4 is 0 Å². The number of hydrogen-bond acceptors (Lipinski definition) is 4. The van der Waals surface area contributed by atoms with Gasteiger partial charge < -0.3 is 0 Å². The molecule has 0 saturated heterocycles. The van der Waals surface area contributed by atoms with Gasteiger partial charge in [-0.15, -0.1) is 5.10 Å². The molecule has 1 amide bonds. The third-order valence-corrected chi connectivity index (χ3v) is 3.32. The largest absolute Gasteiger partial charge is 0.298 e. The molecule has 2 rings (SSSR count). The quantitative estimate of drug-likeness (QED) is 0.811. The van der Waals surface area contributed by atoms with E-state index in [4.69, 9.17) is 16.4 Å². The van der Waals surface area contributed by atoms with Crippen LogP contribution in [0.5, 0.6) is 0 Å². The highest BCUT2D eigenvalue weighted by Crippen LogP contribution is 2.22. The zero-order valence-corrected chi connectivity index (χ0v) is 12.2. The minimum absolute atomic E-state index is 0.0571. The Balaban J connectivity index is 2.41. The molecule has 20 heavy (non-hydrogen) atoms. The summed E-state index contributed by atoms with van der Waals surface area (Å²) in [4.78, 5) is 17.1. The summed E-state index contributed by atoms with van der Waals surface area (Å²) in [5.74, 6) is -0.398. The summed E-state index contributed by atoms with van der Waals surface area (Å²) in [7, 11) is 2.91. The number of rotatable bonds is 4. The average molecular weight is 295 g/mol. The van der Waals surface area contributed by atoms with E-state index in [0.717, 1.165) is 10.6 Å². The van der Waals surface area contributed by atoms with E-state index >= 15 is 0 Å². The van der Waals surface area contributed by atoms with Gasteiger partial charge in [-0.2, -0.15) is 0 Å². The normalized spacial score (nSPS) is 12.2. The van der Waals surface area contributed by atoms with Crippen LogP contribution in [0.15, 0.2) is 30.3 Å². The van der Waals surface area contributed by atoms with Crippen LogP contribution in [0.25, 0.3) is 0 Å². The van der Waals surface area contributed by atoms with Crippen molar-refractivity contribution < 1.29 is 9.63 Å². The lowest BCUT2D eigenvalue weighted by atomic mass is 10.1. The lowest BCUT2D eigenvalue weighted by Crippen LogP contribution is -2.29. The van der Waals surface area contributed by atoms with E-state index in [0.29, 0.717) is 0 Å². The van der Waals surface area contributed by atoms with Crippen LogP contribution in [0, 0.1) is 0 Å². The molecule has 0 bridgehead atoms. The number of hydroxylamine groups is 2. The predicted octanol–water partition coefficient (Wildman–Crippen LogP) is 2.17. The second kappa shape index (κ2) is 6.02. The van der Waals surface area contributed by atoms with Crippen molar-refractivity contribution in [2.75, 3.05) is 14.2 Å². The van der Waals surface area contributed by atoms with Crippen LogP contribution >= 0.6 is 11.6 Å². The number of aromatic nitrogens is 3. The van der Waals surface area contributed by atoms with Crippen molar-refractivity contribution in [2.45, 2.75) is 13.0 Å². The maximum atomic E-state index is 12.2. The summed E-state index contributed by atoms with van der Waals surface area (Å²) in [6.45, 7) is 1.92. The molecule has 0 unspecified atom stereocenters. The Morgan fingerprint density at radius 3 is 2.65 bits per heavy atom. The van der Waals surface area contributed by atoms with Gasteiger partial charge >= 0.3 is 0 Å². The van der Waals surface area contributed by atoms with Crippen molar-refractivity contribution in [1.82, 2.24) is 20.1 Å².